The third-order valence-electron chi connectivity index (χ3n) is 3.94. The maximum atomic E-state index is 12.5. The van der Waals surface area contributed by atoms with Gasteiger partial charge in [0.25, 0.3) is 0 Å². The molecule has 0 aliphatic carbocycles. The Morgan fingerprint density at radius 2 is 2.10 bits per heavy atom. The van der Waals surface area contributed by atoms with Gasteiger partial charge in [-0.1, -0.05) is 12.1 Å². The van der Waals surface area contributed by atoms with E-state index in [9.17, 15) is 14.7 Å². The number of H-pyrrole nitrogens is 1. The molecule has 6 heteroatoms. The van der Waals surface area contributed by atoms with Crippen molar-refractivity contribution in [1.82, 2.24) is 4.98 Å². The van der Waals surface area contributed by atoms with E-state index in [2.05, 4.69) is 4.98 Å². The van der Waals surface area contributed by atoms with Crippen molar-refractivity contribution in [3.05, 3.63) is 40.1 Å². The van der Waals surface area contributed by atoms with Gasteiger partial charge >= 0.3 is 5.97 Å². The molecule has 6 nitrogen and oxygen atoms in total. The Balaban J connectivity index is 2.27. The summed E-state index contributed by atoms with van der Waals surface area (Å²) in [5, 5.41) is 9.81. The average molecular weight is 287 g/mol. The number of nitrogens with one attached hydrogen (secondary N) is 1. The largest absolute Gasteiger partial charge is 0.477 e. The molecule has 1 aromatic carbocycles. The molecule has 3 rings (SSSR count). The zero-order chi connectivity index (χ0) is 15.0. The predicted octanol–water partition coefficient (Wildman–Crippen LogP) is 1.50. The molecule has 1 fully saturated rings. The van der Waals surface area contributed by atoms with E-state index in [0.29, 0.717) is 23.3 Å². The van der Waals surface area contributed by atoms with Gasteiger partial charge in [-0.15, -0.1) is 0 Å². The molecule has 1 aromatic heterocycles. The van der Waals surface area contributed by atoms with Crippen molar-refractivity contribution in [2.75, 3.05) is 11.4 Å². The van der Waals surface area contributed by atoms with Crippen LogP contribution in [0.2, 0.25) is 0 Å². The van der Waals surface area contributed by atoms with Gasteiger partial charge in [0.05, 0.1) is 11.7 Å². The Labute approximate surface area is 121 Å². The Kier molecular flexibility index (Phi) is 3.39. The van der Waals surface area contributed by atoms with Crippen LogP contribution in [0.15, 0.2) is 29.1 Å². The molecular formula is C15H17N3O3. The lowest BCUT2D eigenvalue weighted by atomic mass is 10.1. The summed E-state index contributed by atoms with van der Waals surface area (Å²) in [5.74, 6) is -0.909. The zero-order valence-corrected chi connectivity index (χ0v) is 11.5. The van der Waals surface area contributed by atoms with Crippen molar-refractivity contribution in [1.29, 1.82) is 0 Å². The summed E-state index contributed by atoms with van der Waals surface area (Å²) in [5.41, 5.74) is 6.01. The van der Waals surface area contributed by atoms with Crippen LogP contribution in [0.4, 0.5) is 5.82 Å². The van der Waals surface area contributed by atoms with Crippen LogP contribution in [-0.4, -0.2) is 28.8 Å². The average Bonchev–Trinajstić information content (AvgIpc) is 2.47. The van der Waals surface area contributed by atoms with Crippen LogP contribution in [0, 0.1) is 0 Å². The zero-order valence-electron chi connectivity index (χ0n) is 11.5. The maximum absolute atomic E-state index is 12.5. The van der Waals surface area contributed by atoms with Gasteiger partial charge in [-0.3, -0.25) is 4.79 Å². The Bertz CT molecular complexity index is 753. The van der Waals surface area contributed by atoms with E-state index < -0.39 is 11.4 Å². The lowest BCUT2D eigenvalue weighted by Gasteiger charge is -2.35. The highest BCUT2D eigenvalue weighted by atomic mass is 16.4. The van der Waals surface area contributed by atoms with Gasteiger partial charge in [-0.05, 0) is 31.4 Å². The molecule has 110 valence electrons. The number of carboxylic acid groups (broad SMARTS) is 1. The lowest BCUT2D eigenvalue weighted by Crippen LogP contribution is -2.47. The van der Waals surface area contributed by atoms with Crippen molar-refractivity contribution in [3.63, 3.8) is 0 Å². The van der Waals surface area contributed by atoms with Crippen molar-refractivity contribution in [2.45, 2.75) is 25.4 Å². The van der Waals surface area contributed by atoms with Crippen LogP contribution in [0.1, 0.15) is 29.6 Å². The summed E-state index contributed by atoms with van der Waals surface area (Å²) in [6.45, 7) is 0.649. The standard InChI is InChI=1S/C15H17N3O3/c16-11-7-3-4-8-18(11)14-12(15(20)21)13(19)9-5-1-2-6-10(9)17-14/h1-2,5-6,11H,3-4,7-8,16H2,(H,17,19)(H,20,21). The quantitative estimate of drug-likeness (QED) is 0.777. The highest BCUT2D eigenvalue weighted by Crippen LogP contribution is 2.25. The first-order valence-corrected chi connectivity index (χ1v) is 7.00. The fraction of sp³-hybridized carbons (Fsp3) is 0.333. The Hall–Kier alpha value is -2.34. The van der Waals surface area contributed by atoms with Crippen molar-refractivity contribution in [2.24, 2.45) is 5.73 Å². The first kappa shape index (κ1) is 13.6. The van der Waals surface area contributed by atoms with Crippen LogP contribution < -0.4 is 16.1 Å². The smallest absolute Gasteiger partial charge is 0.343 e. The summed E-state index contributed by atoms with van der Waals surface area (Å²) < 4.78 is 0. The Morgan fingerprint density at radius 3 is 2.81 bits per heavy atom. The fourth-order valence-electron chi connectivity index (χ4n) is 2.87. The number of benzene rings is 1. The second-order valence-corrected chi connectivity index (χ2v) is 5.28. The monoisotopic (exact) mass is 287 g/mol. The third kappa shape index (κ3) is 2.27. The molecule has 1 atom stereocenters. The molecule has 1 saturated heterocycles. The number of aromatic carboxylic acids is 1. The number of pyridine rings is 1. The summed E-state index contributed by atoms with van der Waals surface area (Å²) in [6, 6.07) is 6.91. The number of hydrogen-bond donors (Lipinski definition) is 3. The number of hydrogen-bond acceptors (Lipinski definition) is 4. The van der Waals surface area contributed by atoms with Crippen LogP contribution in [0.25, 0.3) is 10.9 Å². The van der Waals surface area contributed by atoms with E-state index in [1.165, 1.54) is 0 Å². The number of aromatic nitrogens is 1. The summed E-state index contributed by atoms with van der Waals surface area (Å²) in [4.78, 5) is 28.9. The molecular weight excluding hydrogens is 270 g/mol. The number of nitrogens with two attached hydrogens (primary N) is 1. The predicted molar refractivity (Wildman–Crippen MR) is 80.7 cm³/mol. The SMILES string of the molecule is NC1CCCCN1c1[nH]c2ccccc2c(=O)c1C(=O)O. The second-order valence-electron chi connectivity index (χ2n) is 5.28. The molecule has 1 unspecified atom stereocenters. The van der Waals surface area contributed by atoms with E-state index in [4.69, 9.17) is 5.73 Å². The number of aromatic amines is 1. The van der Waals surface area contributed by atoms with Gasteiger partial charge in [0.2, 0.25) is 5.43 Å². The minimum atomic E-state index is -1.23. The number of nitrogens with zero attached hydrogens (tertiary/aromatic N) is 1. The third-order valence-corrected chi connectivity index (χ3v) is 3.94. The summed E-state index contributed by atoms with van der Waals surface area (Å²) >= 11 is 0. The van der Waals surface area contributed by atoms with E-state index in [-0.39, 0.29) is 11.7 Å². The van der Waals surface area contributed by atoms with E-state index >= 15 is 0 Å². The van der Waals surface area contributed by atoms with E-state index in [1.807, 2.05) is 0 Å². The van der Waals surface area contributed by atoms with Crippen molar-refractivity contribution >= 4 is 22.7 Å². The highest BCUT2D eigenvalue weighted by Gasteiger charge is 2.27. The number of carboxylic acids is 1. The van der Waals surface area contributed by atoms with Crippen LogP contribution in [-0.2, 0) is 0 Å². The van der Waals surface area contributed by atoms with Gasteiger partial charge in [0.15, 0.2) is 0 Å². The molecule has 2 aromatic rings. The van der Waals surface area contributed by atoms with Gasteiger partial charge in [0, 0.05) is 11.9 Å². The maximum Gasteiger partial charge on any atom is 0.343 e. The molecule has 0 saturated carbocycles. The van der Waals surface area contributed by atoms with Crippen molar-refractivity contribution in [3.8, 4) is 0 Å². The summed E-state index contributed by atoms with van der Waals surface area (Å²) in [7, 11) is 0. The van der Waals surface area contributed by atoms with Gasteiger partial charge in [0.1, 0.15) is 11.4 Å². The molecule has 1 aliphatic rings. The first-order chi connectivity index (χ1) is 10.1. The molecule has 0 radical (unpaired) electrons. The van der Waals surface area contributed by atoms with E-state index in [1.54, 1.807) is 29.2 Å². The number of rotatable bonds is 2. The first-order valence-electron chi connectivity index (χ1n) is 7.00. The highest BCUT2D eigenvalue weighted by molar-refractivity contribution is 5.98. The number of para-hydroxylation sites is 1. The fourth-order valence-corrected chi connectivity index (χ4v) is 2.87. The lowest BCUT2D eigenvalue weighted by molar-refractivity contribution is 0.0696. The van der Waals surface area contributed by atoms with Gasteiger partial charge in [-0.25, -0.2) is 4.79 Å². The molecule has 1 aliphatic heterocycles. The number of anilines is 1. The summed E-state index contributed by atoms with van der Waals surface area (Å²) in [6.07, 6.45) is 2.46. The van der Waals surface area contributed by atoms with Crippen LogP contribution in [0.3, 0.4) is 0 Å². The van der Waals surface area contributed by atoms with Gasteiger partial charge < -0.3 is 20.7 Å². The topological polar surface area (TPSA) is 99.4 Å². The number of carbonyl (C=O) groups is 1. The van der Waals surface area contributed by atoms with Crippen LogP contribution in [0.5, 0.6) is 0 Å². The number of fused-ring (bicyclic) bond motifs is 1. The molecule has 2 heterocycles. The Morgan fingerprint density at radius 1 is 1.33 bits per heavy atom. The molecule has 0 spiro atoms. The second kappa shape index (κ2) is 5.21. The minimum Gasteiger partial charge on any atom is -0.477 e. The van der Waals surface area contributed by atoms with E-state index in [0.717, 1.165) is 19.3 Å². The molecule has 21 heavy (non-hydrogen) atoms. The normalized spacial score (nSPS) is 18.9. The van der Waals surface area contributed by atoms with Gasteiger partial charge in [-0.2, -0.15) is 0 Å². The van der Waals surface area contributed by atoms with Crippen LogP contribution >= 0.6 is 0 Å². The number of piperidine rings is 1. The molecule has 0 bridgehead atoms. The van der Waals surface area contributed by atoms with Crippen molar-refractivity contribution < 1.29 is 9.90 Å². The molecule has 0 amide bonds. The minimum absolute atomic E-state index is 0.231. The molecule has 4 N–H and O–H groups in total.